The van der Waals surface area contributed by atoms with Crippen LogP contribution < -0.4 is 4.72 Å². The molecule has 0 spiro atoms. The average Bonchev–Trinajstić information content (AvgIpc) is 2.60. The zero-order valence-corrected chi connectivity index (χ0v) is 14.5. The van der Waals surface area contributed by atoms with Crippen LogP contribution in [0.15, 0.2) is 78.2 Å². The Morgan fingerprint density at radius 1 is 0.920 bits per heavy atom. The second-order valence-corrected chi connectivity index (χ2v) is 7.47. The predicted molar refractivity (Wildman–Crippen MR) is 99.5 cm³/mol. The van der Waals surface area contributed by atoms with Crippen LogP contribution in [0.4, 0.5) is 0 Å². The van der Waals surface area contributed by atoms with E-state index in [0.29, 0.717) is 5.56 Å². The summed E-state index contributed by atoms with van der Waals surface area (Å²) in [4.78, 5) is 12.4. The Labute approximate surface area is 146 Å². The van der Waals surface area contributed by atoms with Crippen molar-refractivity contribution in [2.75, 3.05) is 0 Å². The summed E-state index contributed by atoms with van der Waals surface area (Å²) in [5.41, 5.74) is 1.61. The van der Waals surface area contributed by atoms with Crippen molar-refractivity contribution in [1.82, 2.24) is 4.72 Å². The predicted octanol–water partition coefficient (Wildman–Crippen LogP) is 3.67. The Kier molecular flexibility index (Phi) is 4.42. The zero-order chi connectivity index (χ0) is 18.0. The van der Waals surface area contributed by atoms with Crippen molar-refractivity contribution in [2.45, 2.75) is 11.8 Å². The highest BCUT2D eigenvalue weighted by molar-refractivity contribution is 7.90. The third-order valence-corrected chi connectivity index (χ3v) is 5.28. The molecule has 3 aromatic rings. The van der Waals surface area contributed by atoms with Gasteiger partial charge in [0.1, 0.15) is 0 Å². The Morgan fingerprint density at radius 3 is 2.24 bits per heavy atom. The van der Waals surface area contributed by atoms with Crippen LogP contribution in [0, 0.1) is 6.92 Å². The van der Waals surface area contributed by atoms with Gasteiger partial charge in [-0.1, -0.05) is 60.7 Å². The summed E-state index contributed by atoms with van der Waals surface area (Å²) in [5.74, 6) is -0.740. The molecule has 0 fully saturated rings. The summed E-state index contributed by atoms with van der Waals surface area (Å²) in [6.07, 6.45) is 0. The van der Waals surface area contributed by atoms with Crippen LogP contribution >= 0.6 is 0 Å². The first-order chi connectivity index (χ1) is 11.9. The fourth-order valence-corrected chi connectivity index (χ4v) is 3.45. The van der Waals surface area contributed by atoms with Gasteiger partial charge in [0.05, 0.1) is 4.90 Å². The molecule has 1 N–H and O–H groups in total. The molecule has 0 saturated carbocycles. The van der Waals surface area contributed by atoms with Crippen molar-refractivity contribution in [2.24, 2.45) is 0 Å². The molecule has 0 aliphatic rings. The van der Waals surface area contributed by atoms with Crippen molar-refractivity contribution in [3.05, 3.63) is 84.4 Å². The van der Waals surface area contributed by atoms with Crippen molar-refractivity contribution in [1.29, 1.82) is 0 Å². The lowest BCUT2D eigenvalue weighted by atomic mass is 10.0. The van der Waals surface area contributed by atoms with Gasteiger partial charge in [-0.25, -0.2) is 13.1 Å². The number of rotatable bonds is 4. The van der Waals surface area contributed by atoms with Gasteiger partial charge < -0.3 is 0 Å². The van der Waals surface area contributed by atoms with Crippen LogP contribution in [-0.2, 0) is 14.8 Å². The van der Waals surface area contributed by atoms with Crippen LogP contribution in [0.2, 0.25) is 0 Å². The van der Waals surface area contributed by atoms with Crippen molar-refractivity contribution >= 4 is 32.3 Å². The molecule has 1 amide bonds. The quantitative estimate of drug-likeness (QED) is 0.730. The van der Waals surface area contributed by atoms with E-state index < -0.39 is 15.9 Å². The fourth-order valence-electron chi connectivity index (χ4n) is 2.47. The summed E-state index contributed by atoms with van der Waals surface area (Å²) in [6.45, 7) is 5.60. The van der Waals surface area contributed by atoms with Gasteiger partial charge in [0, 0.05) is 5.57 Å². The summed E-state index contributed by atoms with van der Waals surface area (Å²) in [6, 6.07) is 19.4. The number of nitrogens with one attached hydrogen (secondary N) is 1. The highest BCUT2D eigenvalue weighted by atomic mass is 32.2. The summed E-state index contributed by atoms with van der Waals surface area (Å²) in [7, 11) is -3.93. The van der Waals surface area contributed by atoms with Gasteiger partial charge in [-0.3, -0.25) is 4.79 Å². The minimum absolute atomic E-state index is 0.0396. The number of benzene rings is 3. The molecule has 3 aromatic carbocycles. The SMILES string of the molecule is C=C(C(=O)NS(=O)(=O)c1ccc(C)cc1)c1ccc2ccccc2c1. The number of aryl methyl sites for hydroxylation is 1. The molecule has 0 heterocycles. The molecule has 0 bridgehead atoms. The number of hydrogen-bond acceptors (Lipinski definition) is 3. The van der Waals surface area contributed by atoms with Gasteiger partial charge in [-0.2, -0.15) is 0 Å². The lowest BCUT2D eigenvalue weighted by Gasteiger charge is -2.10. The monoisotopic (exact) mass is 351 g/mol. The number of fused-ring (bicyclic) bond motifs is 1. The van der Waals surface area contributed by atoms with E-state index in [1.807, 2.05) is 43.3 Å². The Hall–Kier alpha value is -2.92. The topological polar surface area (TPSA) is 63.2 Å². The molecule has 0 aromatic heterocycles. The third kappa shape index (κ3) is 3.61. The minimum atomic E-state index is -3.93. The number of sulfonamides is 1. The molecule has 3 rings (SSSR count). The van der Waals surface area contributed by atoms with Crippen molar-refractivity contribution in [3.63, 3.8) is 0 Å². The van der Waals surface area contributed by atoms with E-state index in [1.54, 1.807) is 18.2 Å². The second kappa shape index (κ2) is 6.53. The molecule has 4 nitrogen and oxygen atoms in total. The van der Waals surface area contributed by atoms with Crippen LogP contribution in [0.5, 0.6) is 0 Å². The average molecular weight is 351 g/mol. The number of carbonyl (C=O) groups excluding carboxylic acids is 1. The smallest absolute Gasteiger partial charge is 0.265 e. The van der Waals surface area contributed by atoms with Gasteiger partial charge >= 0.3 is 0 Å². The van der Waals surface area contributed by atoms with Crippen LogP contribution in [0.25, 0.3) is 16.3 Å². The Morgan fingerprint density at radius 2 is 1.56 bits per heavy atom. The standard InChI is InChI=1S/C20H17NO3S/c1-14-7-11-19(12-8-14)25(23,24)21-20(22)15(2)17-10-9-16-5-3-4-6-18(16)13-17/h3-13H,2H2,1H3,(H,21,22). The summed E-state index contributed by atoms with van der Waals surface area (Å²) < 4.78 is 26.7. The molecular formula is C20H17NO3S. The number of amides is 1. The van der Waals surface area contributed by atoms with E-state index in [0.717, 1.165) is 16.3 Å². The molecule has 0 unspecified atom stereocenters. The van der Waals surface area contributed by atoms with E-state index >= 15 is 0 Å². The van der Waals surface area contributed by atoms with Crippen LogP contribution in [-0.4, -0.2) is 14.3 Å². The van der Waals surface area contributed by atoms with E-state index in [-0.39, 0.29) is 10.5 Å². The minimum Gasteiger partial charge on any atom is -0.268 e. The fraction of sp³-hybridized carbons (Fsp3) is 0.0500. The zero-order valence-electron chi connectivity index (χ0n) is 13.7. The van der Waals surface area contributed by atoms with E-state index in [9.17, 15) is 13.2 Å². The normalized spacial score (nSPS) is 11.2. The second-order valence-electron chi connectivity index (χ2n) is 5.79. The first-order valence-corrected chi connectivity index (χ1v) is 9.17. The lowest BCUT2D eigenvalue weighted by Crippen LogP contribution is -2.31. The first-order valence-electron chi connectivity index (χ1n) is 7.69. The van der Waals surface area contributed by atoms with Gasteiger partial charge in [-0.05, 0) is 41.5 Å². The van der Waals surface area contributed by atoms with Crippen molar-refractivity contribution < 1.29 is 13.2 Å². The van der Waals surface area contributed by atoms with Gasteiger partial charge in [-0.15, -0.1) is 0 Å². The lowest BCUT2D eigenvalue weighted by molar-refractivity contribution is -0.114. The molecule has 0 atom stereocenters. The summed E-state index contributed by atoms with van der Waals surface area (Å²) in [5, 5.41) is 1.99. The van der Waals surface area contributed by atoms with E-state index in [1.165, 1.54) is 12.1 Å². The van der Waals surface area contributed by atoms with E-state index in [4.69, 9.17) is 0 Å². The van der Waals surface area contributed by atoms with Crippen molar-refractivity contribution in [3.8, 4) is 0 Å². The van der Waals surface area contributed by atoms with Crippen LogP contribution in [0.3, 0.4) is 0 Å². The highest BCUT2D eigenvalue weighted by Gasteiger charge is 2.20. The largest absolute Gasteiger partial charge is 0.268 e. The molecule has 25 heavy (non-hydrogen) atoms. The highest BCUT2D eigenvalue weighted by Crippen LogP contribution is 2.21. The first kappa shape index (κ1) is 16.9. The van der Waals surface area contributed by atoms with Gasteiger partial charge in [0.15, 0.2) is 0 Å². The van der Waals surface area contributed by atoms with Crippen LogP contribution in [0.1, 0.15) is 11.1 Å². The molecule has 0 saturated heterocycles. The van der Waals surface area contributed by atoms with E-state index in [2.05, 4.69) is 11.3 Å². The maximum absolute atomic E-state index is 12.3. The molecule has 0 aliphatic carbocycles. The Balaban J connectivity index is 1.84. The maximum atomic E-state index is 12.3. The molecule has 126 valence electrons. The van der Waals surface area contributed by atoms with Gasteiger partial charge in [0.25, 0.3) is 15.9 Å². The Bertz CT molecular complexity index is 1070. The molecule has 0 radical (unpaired) electrons. The third-order valence-electron chi connectivity index (χ3n) is 3.93. The summed E-state index contributed by atoms with van der Waals surface area (Å²) >= 11 is 0. The molecule has 5 heteroatoms. The molecular weight excluding hydrogens is 334 g/mol. The number of hydrogen-bond donors (Lipinski definition) is 1. The maximum Gasteiger partial charge on any atom is 0.265 e. The number of carbonyl (C=O) groups is 1. The molecule has 0 aliphatic heterocycles. The van der Waals surface area contributed by atoms with Gasteiger partial charge in [0.2, 0.25) is 0 Å².